The Hall–Kier alpha value is -13.9. The summed E-state index contributed by atoms with van der Waals surface area (Å²) in [4.78, 5) is 107. The highest BCUT2D eigenvalue weighted by Crippen LogP contribution is 2.39. The number of aliphatic hydroxyl groups excluding tert-OH is 8. The second kappa shape index (κ2) is 68.6. The molecule has 149 heavy (non-hydrogen) atoms. The molecule has 0 spiro atoms. The van der Waals surface area contributed by atoms with Gasteiger partial charge in [-0.15, -0.1) is 0 Å². The van der Waals surface area contributed by atoms with E-state index in [1.165, 1.54) is 0 Å². The van der Waals surface area contributed by atoms with Gasteiger partial charge in [0.15, 0.2) is 0 Å². The maximum Gasteiger partial charge on any atom is 0.222 e. The van der Waals surface area contributed by atoms with Gasteiger partial charge in [-0.1, -0.05) is 427 Å². The van der Waals surface area contributed by atoms with Crippen LogP contribution >= 0.6 is 0 Å². The number of carbonyl (C=O) groups excluding carboxylic acids is 8. The molecule has 800 valence electrons. The summed E-state index contributed by atoms with van der Waals surface area (Å²) in [5.74, 6) is 0.227. The van der Waals surface area contributed by atoms with Gasteiger partial charge in [-0.2, -0.15) is 0 Å². The molecular weight excluding hydrogens is 1870 g/mol. The number of hydrogen-bond acceptors (Lipinski definition) is 16. The van der Waals surface area contributed by atoms with Gasteiger partial charge in [0, 0.05) is 108 Å². The quantitative estimate of drug-likeness (QED) is 0.0181. The fraction of sp³-hybridized carbons (Fsp3) is 0.360. The summed E-state index contributed by atoms with van der Waals surface area (Å²) < 4.78 is 0. The number of hydrogen-bond donors (Lipinski definition) is 8. The summed E-state index contributed by atoms with van der Waals surface area (Å²) in [5, 5.41) is 83.5. The number of carbonyl (C=O) groups is 8. The zero-order valence-electron chi connectivity index (χ0n) is 90.0. The summed E-state index contributed by atoms with van der Waals surface area (Å²) in [5.41, 5.74) is 10.3. The molecule has 12 aromatic rings. The standard InChI is InChI=1S/4C18H21NO2.4C13H19NO2.CH4/c4*1-3-16(20)19(2)17(14-10-6-4-7-11-14)18(21)15-12-8-5-9-13-15;4*1-4-12(15)14(3)10(2)13(16)11-8-6-5-7-9-11;/h4*4-13,17-18,21H,3H2,1-2H3;4*5-10,13,16H,4H2,1-3H3;1H4/t4*17-,18-;4*10-,13+;/m11111111./s1. The van der Waals surface area contributed by atoms with E-state index >= 15 is 0 Å². The normalized spacial score (nSPS) is 13.7. The highest BCUT2D eigenvalue weighted by atomic mass is 16.3. The van der Waals surface area contributed by atoms with E-state index in [-0.39, 0.29) is 103 Å². The fourth-order valence-electron chi connectivity index (χ4n) is 16.5. The number of benzene rings is 12. The Kier molecular flexibility index (Phi) is 58.6. The van der Waals surface area contributed by atoms with Gasteiger partial charge in [0.25, 0.3) is 0 Å². The summed E-state index contributed by atoms with van der Waals surface area (Å²) in [6, 6.07) is 112. The van der Waals surface area contributed by atoms with E-state index in [9.17, 15) is 79.2 Å². The van der Waals surface area contributed by atoms with Gasteiger partial charge in [-0.3, -0.25) is 38.4 Å². The number of rotatable bonds is 36. The first-order valence-electron chi connectivity index (χ1n) is 51.0. The van der Waals surface area contributed by atoms with Crippen molar-refractivity contribution in [2.24, 2.45) is 0 Å². The molecule has 24 nitrogen and oxygen atoms in total. The molecule has 0 aliphatic carbocycles. The van der Waals surface area contributed by atoms with E-state index < -0.39 is 48.8 Å². The van der Waals surface area contributed by atoms with E-state index in [1.54, 1.807) is 95.6 Å². The molecule has 12 aromatic carbocycles. The van der Waals surface area contributed by atoms with E-state index in [4.69, 9.17) is 0 Å². The van der Waals surface area contributed by atoms with Crippen LogP contribution in [0.15, 0.2) is 364 Å². The third-order valence-electron chi connectivity index (χ3n) is 26.4. The first-order chi connectivity index (χ1) is 70.9. The largest absolute Gasteiger partial charge is 0.386 e. The van der Waals surface area contributed by atoms with Crippen molar-refractivity contribution in [1.29, 1.82) is 0 Å². The molecule has 24 heteroatoms. The lowest BCUT2D eigenvalue weighted by molar-refractivity contribution is -0.135. The van der Waals surface area contributed by atoms with Crippen LogP contribution in [0.3, 0.4) is 0 Å². The van der Waals surface area contributed by atoms with Crippen molar-refractivity contribution in [2.75, 3.05) is 56.4 Å². The molecule has 0 saturated carbocycles. The third kappa shape index (κ3) is 39.9. The maximum atomic E-state index is 12.1. The van der Waals surface area contributed by atoms with Crippen LogP contribution in [0.25, 0.3) is 0 Å². The SMILES string of the molecule is C.CCC(=O)N(C)[C@H](C)[C@H](O)c1ccccc1.CCC(=O)N(C)[C@H](C)[C@H](O)c1ccccc1.CCC(=O)N(C)[C@H](C)[C@H](O)c1ccccc1.CCC(=O)N(C)[C@H](C)[C@H](O)c1ccccc1.CCC(=O)N(C)[C@H](c1ccccc1)[C@H](O)c1ccccc1.CCC(=O)N(C)[C@H](c1ccccc1)[C@H](O)c1ccccc1.CCC(=O)N(C)[C@H](c1ccccc1)[C@H](O)c1ccccc1.CCC(=O)N(C)[C@H](c1ccccc1)[C@H](O)c1ccccc1. The Balaban J connectivity index is 0.000000355. The molecule has 0 saturated heterocycles. The maximum absolute atomic E-state index is 12.1. The van der Waals surface area contributed by atoms with Crippen LogP contribution in [0, 0.1) is 0 Å². The summed E-state index contributed by atoms with van der Waals surface area (Å²) in [6.07, 6.45) is -2.06. The van der Waals surface area contributed by atoms with Crippen LogP contribution < -0.4 is 0 Å². The lowest BCUT2D eigenvalue weighted by Crippen LogP contribution is -2.38. The minimum Gasteiger partial charge on any atom is -0.386 e. The predicted molar refractivity (Wildman–Crippen MR) is 597 cm³/mol. The summed E-state index contributed by atoms with van der Waals surface area (Å²) in [6.45, 7) is 22.0. The molecule has 8 N–H and O–H groups in total. The zero-order chi connectivity index (χ0) is 109. The number of nitrogens with zero attached hydrogens (tertiary/aromatic N) is 8. The highest BCUT2D eigenvalue weighted by Gasteiger charge is 2.35. The van der Waals surface area contributed by atoms with Crippen molar-refractivity contribution < 1.29 is 79.2 Å². The van der Waals surface area contributed by atoms with Gasteiger partial charge < -0.3 is 80.1 Å². The third-order valence-corrected chi connectivity index (χ3v) is 26.4. The first kappa shape index (κ1) is 127. The Bertz CT molecular complexity index is 5010. The van der Waals surface area contributed by atoms with Crippen LogP contribution in [0.1, 0.15) is 282 Å². The summed E-state index contributed by atoms with van der Waals surface area (Å²) >= 11 is 0. The highest BCUT2D eigenvalue weighted by molar-refractivity contribution is 5.79. The Morgan fingerprint density at radius 2 is 0.248 bits per heavy atom. The molecule has 8 amide bonds. The number of aliphatic hydroxyl groups is 8. The lowest BCUT2D eigenvalue weighted by atomic mass is 9.94. The molecule has 0 aliphatic heterocycles. The second-order valence-electron chi connectivity index (χ2n) is 36.1. The van der Waals surface area contributed by atoms with Crippen LogP contribution in [0.2, 0.25) is 0 Å². The van der Waals surface area contributed by atoms with Crippen molar-refractivity contribution in [1.82, 2.24) is 39.2 Å². The van der Waals surface area contributed by atoms with Crippen molar-refractivity contribution in [2.45, 2.75) is 239 Å². The molecule has 0 unspecified atom stereocenters. The Labute approximate surface area is 886 Å². The van der Waals surface area contributed by atoms with E-state index in [2.05, 4.69) is 0 Å². The van der Waals surface area contributed by atoms with Gasteiger partial charge in [0.05, 0.1) is 72.8 Å². The van der Waals surface area contributed by atoms with Gasteiger partial charge in [-0.05, 0) is 94.5 Å². The minimum absolute atomic E-state index is 0. The molecule has 0 heterocycles. The second-order valence-corrected chi connectivity index (χ2v) is 36.1. The van der Waals surface area contributed by atoms with Crippen molar-refractivity contribution >= 4 is 47.3 Å². The van der Waals surface area contributed by atoms with Gasteiger partial charge in [-0.25, -0.2) is 0 Å². The van der Waals surface area contributed by atoms with Crippen LogP contribution in [0.4, 0.5) is 0 Å². The van der Waals surface area contributed by atoms with Crippen molar-refractivity contribution in [3.63, 3.8) is 0 Å². The molecule has 0 bridgehead atoms. The average molecular weight is 2030 g/mol. The van der Waals surface area contributed by atoms with Gasteiger partial charge >= 0.3 is 0 Å². The van der Waals surface area contributed by atoms with Gasteiger partial charge in [0.1, 0.15) is 24.4 Å². The van der Waals surface area contributed by atoms with Crippen molar-refractivity contribution in [3.05, 3.63) is 431 Å². The molecule has 0 radical (unpaired) electrons. The van der Waals surface area contributed by atoms with Crippen LogP contribution in [-0.4, -0.2) is 208 Å². The minimum atomic E-state index is -0.755. The molecular formula is C125H164N8O16. The zero-order valence-corrected chi connectivity index (χ0v) is 90.0. The van der Waals surface area contributed by atoms with Crippen molar-refractivity contribution in [3.8, 4) is 0 Å². The molecule has 0 fully saturated rings. The molecule has 12 rings (SSSR count). The molecule has 16 atom stereocenters. The molecule has 0 aromatic heterocycles. The number of amides is 8. The monoisotopic (exact) mass is 2030 g/mol. The van der Waals surface area contributed by atoms with E-state index in [0.29, 0.717) is 51.4 Å². The van der Waals surface area contributed by atoms with Gasteiger partial charge in [0.2, 0.25) is 47.3 Å². The van der Waals surface area contributed by atoms with E-state index in [0.717, 1.165) is 66.8 Å². The Morgan fingerprint density at radius 3 is 0.349 bits per heavy atom. The smallest absolute Gasteiger partial charge is 0.222 e. The lowest BCUT2D eigenvalue weighted by Gasteiger charge is -2.32. The number of likely N-dealkylation sites (N-methyl/N-ethyl adjacent to an activating group) is 8. The average Bonchev–Trinajstić information content (AvgIpc) is 0.823. The fourth-order valence-corrected chi connectivity index (χ4v) is 16.5. The molecule has 0 aliphatic rings. The van der Waals surface area contributed by atoms with E-state index in [1.807, 2.05) is 447 Å². The Morgan fingerprint density at radius 1 is 0.161 bits per heavy atom. The summed E-state index contributed by atoms with van der Waals surface area (Å²) in [7, 11) is 13.9. The predicted octanol–water partition coefficient (Wildman–Crippen LogP) is 21.9. The van der Waals surface area contributed by atoms with Crippen LogP contribution in [0.5, 0.6) is 0 Å². The van der Waals surface area contributed by atoms with Crippen LogP contribution in [-0.2, 0) is 38.4 Å². The topological polar surface area (TPSA) is 324 Å². The first-order valence-corrected chi connectivity index (χ1v) is 51.0.